The molecular weight excluding hydrogens is 397 g/mol. The van der Waals surface area contributed by atoms with Crippen molar-refractivity contribution >= 4 is 28.3 Å². The van der Waals surface area contributed by atoms with Crippen molar-refractivity contribution in [3.05, 3.63) is 52.8 Å². The van der Waals surface area contributed by atoms with Gasteiger partial charge in [-0.3, -0.25) is 4.90 Å². The van der Waals surface area contributed by atoms with E-state index in [1.165, 1.54) is 18.2 Å². The Labute approximate surface area is 166 Å². The van der Waals surface area contributed by atoms with Gasteiger partial charge in [0.2, 0.25) is 0 Å². The molecule has 1 saturated heterocycles. The summed E-state index contributed by atoms with van der Waals surface area (Å²) in [5, 5.41) is 0.526. The molecule has 1 heterocycles. The fourth-order valence-corrected chi connectivity index (χ4v) is 3.35. The van der Waals surface area contributed by atoms with Crippen molar-refractivity contribution in [2.75, 3.05) is 23.6 Å². The van der Waals surface area contributed by atoms with E-state index in [1.54, 1.807) is 30.1 Å². The van der Waals surface area contributed by atoms with Crippen molar-refractivity contribution in [1.82, 2.24) is 4.90 Å². The van der Waals surface area contributed by atoms with Crippen LogP contribution in [0.25, 0.3) is 0 Å². The summed E-state index contributed by atoms with van der Waals surface area (Å²) in [5.41, 5.74) is 0.974. The van der Waals surface area contributed by atoms with Gasteiger partial charge in [0.15, 0.2) is 0 Å². The van der Waals surface area contributed by atoms with E-state index in [-0.39, 0.29) is 31.8 Å². The van der Waals surface area contributed by atoms with Crippen LogP contribution in [0.1, 0.15) is 32.8 Å². The van der Waals surface area contributed by atoms with Crippen LogP contribution in [0.5, 0.6) is 0 Å². The van der Waals surface area contributed by atoms with Crippen molar-refractivity contribution in [2.45, 2.75) is 39.7 Å². The van der Waals surface area contributed by atoms with Crippen LogP contribution in [-0.4, -0.2) is 33.9 Å². The summed E-state index contributed by atoms with van der Waals surface area (Å²) in [6, 6.07) is 4.02. The highest BCUT2D eigenvalue weighted by atomic mass is 35.5. The third-order valence-corrected chi connectivity index (χ3v) is 5.03. The minimum Gasteiger partial charge on any atom is -0.305 e. The highest BCUT2D eigenvalue weighted by Gasteiger charge is 2.38. The van der Waals surface area contributed by atoms with E-state index in [0.29, 0.717) is 16.3 Å². The molecule has 0 aromatic heterocycles. The van der Waals surface area contributed by atoms with Gasteiger partial charge in [-0.1, -0.05) is 43.7 Å². The quantitative estimate of drug-likeness (QED) is 0.591. The largest absolute Gasteiger partial charge is 0.305 e. The first-order valence-electron chi connectivity index (χ1n) is 8.81. The second-order valence-electron chi connectivity index (χ2n) is 5.81. The standard InChI is InChI=1S/C17H20ClF3N2OS.C2H6/c1-2-14(18)4-3-9-25(24)22-16-10-15(19)6-5-13(16)11-23-8-7-17(20,21)12-23;1-2/h2-6,10,22H,7-9,11-12H2,1H3;1-2H3/b4-3-,14-2+;. The molecule has 1 atom stereocenters. The molecule has 8 heteroatoms. The Morgan fingerprint density at radius 3 is 2.70 bits per heavy atom. The number of hydrogen-bond acceptors (Lipinski definition) is 2. The van der Waals surface area contributed by atoms with Gasteiger partial charge in [-0.05, 0) is 30.7 Å². The van der Waals surface area contributed by atoms with Gasteiger partial charge in [-0.2, -0.15) is 0 Å². The van der Waals surface area contributed by atoms with Crippen LogP contribution < -0.4 is 4.72 Å². The van der Waals surface area contributed by atoms with Gasteiger partial charge in [-0.25, -0.2) is 17.4 Å². The summed E-state index contributed by atoms with van der Waals surface area (Å²) in [7, 11) is -1.48. The van der Waals surface area contributed by atoms with Crippen LogP contribution >= 0.6 is 11.6 Å². The maximum atomic E-state index is 13.5. The molecule has 1 aromatic carbocycles. The van der Waals surface area contributed by atoms with Crippen LogP contribution in [0, 0.1) is 5.82 Å². The van der Waals surface area contributed by atoms with E-state index in [0.717, 1.165) is 0 Å². The van der Waals surface area contributed by atoms with Crippen molar-refractivity contribution in [3.8, 4) is 0 Å². The maximum Gasteiger partial charge on any atom is 0.261 e. The molecule has 3 nitrogen and oxygen atoms in total. The fraction of sp³-hybridized carbons (Fsp3) is 0.474. The number of allylic oxidation sites excluding steroid dienone is 3. The van der Waals surface area contributed by atoms with Gasteiger partial charge in [0, 0.05) is 24.5 Å². The average Bonchev–Trinajstić information content (AvgIpc) is 2.97. The monoisotopic (exact) mass is 422 g/mol. The molecule has 152 valence electrons. The lowest BCUT2D eigenvalue weighted by atomic mass is 10.1. The molecular formula is C19H26ClF3N2OS. The van der Waals surface area contributed by atoms with Crippen molar-refractivity contribution in [2.24, 2.45) is 0 Å². The minimum atomic E-state index is -2.69. The van der Waals surface area contributed by atoms with Crippen molar-refractivity contribution in [3.63, 3.8) is 0 Å². The van der Waals surface area contributed by atoms with E-state index in [4.69, 9.17) is 11.6 Å². The molecule has 2 rings (SSSR count). The predicted molar refractivity (Wildman–Crippen MR) is 108 cm³/mol. The highest BCUT2D eigenvalue weighted by molar-refractivity contribution is 7.86. The van der Waals surface area contributed by atoms with Crippen molar-refractivity contribution < 1.29 is 17.4 Å². The number of nitrogens with one attached hydrogen (secondary N) is 1. The third kappa shape index (κ3) is 8.49. The molecule has 1 aliphatic rings. The van der Waals surface area contributed by atoms with Crippen LogP contribution in [-0.2, 0) is 17.5 Å². The molecule has 27 heavy (non-hydrogen) atoms. The molecule has 1 aliphatic heterocycles. The number of likely N-dealkylation sites (tertiary alicyclic amines) is 1. The van der Waals surface area contributed by atoms with Crippen LogP contribution in [0.3, 0.4) is 0 Å². The molecule has 0 aliphatic carbocycles. The lowest BCUT2D eigenvalue weighted by Gasteiger charge is -2.18. The van der Waals surface area contributed by atoms with Crippen molar-refractivity contribution in [1.29, 1.82) is 0 Å². The van der Waals surface area contributed by atoms with E-state index in [9.17, 15) is 17.4 Å². The Kier molecular flexibility index (Phi) is 10.1. The molecule has 1 fully saturated rings. The van der Waals surface area contributed by atoms with E-state index in [1.807, 2.05) is 13.8 Å². The van der Waals surface area contributed by atoms with Gasteiger partial charge in [0.1, 0.15) is 16.8 Å². The number of alkyl halides is 2. The minimum absolute atomic E-state index is 0.181. The second-order valence-corrected chi connectivity index (χ2v) is 7.47. The smallest absolute Gasteiger partial charge is 0.261 e. The normalized spacial score (nSPS) is 18.3. The Balaban J connectivity index is 0.00000176. The number of benzene rings is 1. The van der Waals surface area contributed by atoms with Crippen LogP contribution in [0.15, 0.2) is 41.5 Å². The summed E-state index contributed by atoms with van der Waals surface area (Å²) >= 11 is 5.81. The number of anilines is 1. The molecule has 0 saturated carbocycles. The Morgan fingerprint density at radius 2 is 2.11 bits per heavy atom. The molecule has 0 amide bonds. The molecule has 0 spiro atoms. The molecule has 0 bridgehead atoms. The Morgan fingerprint density at radius 1 is 1.41 bits per heavy atom. The van der Waals surface area contributed by atoms with Crippen LogP contribution in [0.4, 0.5) is 18.9 Å². The van der Waals surface area contributed by atoms with E-state index < -0.39 is 22.7 Å². The first-order valence-corrected chi connectivity index (χ1v) is 10.5. The fourth-order valence-electron chi connectivity index (χ4n) is 2.47. The van der Waals surface area contributed by atoms with Crippen LogP contribution in [0.2, 0.25) is 0 Å². The summed E-state index contributed by atoms with van der Waals surface area (Å²) < 4.78 is 55.0. The zero-order chi connectivity index (χ0) is 20.4. The second kappa shape index (κ2) is 11.5. The molecule has 0 radical (unpaired) electrons. The van der Waals surface area contributed by atoms with E-state index >= 15 is 0 Å². The average molecular weight is 423 g/mol. The number of rotatable bonds is 7. The Bertz CT molecular complexity index is 696. The molecule has 1 N–H and O–H groups in total. The molecule has 1 unspecified atom stereocenters. The van der Waals surface area contributed by atoms with Gasteiger partial charge in [0.05, 0.1) is 18.0 Å². The number of halogens is 4. The highest BCUT2D eigenvalue weighted by Crippen LogP contribution is 2.29. The summed E-state index contributed by atoms with van der Waals surface area (Å²) in [5.74, 6) is -2.99. The Hall–Kier alpha value is -1.31. The third-order valence-electron chi connectivity index (χ3n) is 3.74. The van der Waals surface area contributed by atoms with Gasteiger partial charge >= 0.3 is 0 Å². The van der Waals surface area contributed by atoms with Gasteiger partial charge < -0.3 is 4.72 Å². The summed E-state index contributed by atoms with van der Waals surface area (Å²) in [6.45, 7) is 5.98. The predicted octanol–water partition coefficient (Wildman–Crippen LogP) is 5.47. The molecule has 1 aromatic rings. The number of hydrogen-bond donors (Lipinski definition) is 1. The number of nitrogens with zero attached hydrogens (tertiary/aromatic N) is 1. The summed E-state index contributed by atoms with van der Waals surface area (Å²) in [4.78, 5) is 1.60. The van der Waals surface area contributed by atoms with Gasteiger partial charge in [-0.15, -0.1) is 0 Å². The first kappa shape index (κ1) is 23.7. The first-order chi connectivity index (χ1) is 12.8. The maximum absolute atomic E-state index is 13.5. The lowest BCUT2D eigenvalue weighted by molar-refractivity contribution is 0.0115. The van der Waals surface area contributed by atoms with E-state index in [2.05, 4.69) is 4.72 Å². The SMILES string of the molecule is C/C=C(Cl)\C=C/CS(=O)Nc1cc(F)ccc1CN1CCC(F)(F)C1.CC. The zero-order valence-corrected chi connectivity index (χ0v) is 17.3. The van der Waals surface area contributed by atoms with Gasteiger partial charge in [0.25, 0.3) is 5.92 Å². The topological polar surface area (TPSA) is 32.3 Å². The lowest BCUT2D eigenvalue weighted by Crippen LogP contribution is -2.25. The zero-order valence-electron chi connectivity index (χ0n) is 15.8. The summed E-state index contributed by atoms with van der Waals surface area (Å²) in [6.07, 6.45) is 4.79.